The second kappa shape index (κ2) is 7.66. The van der Waals surface area contributed by atoms with Crippen molar-refractivity contribution in [1.29, 1.82) is 0 Å². The first-order chi connectivity index (χ1) is 11.6. The van der Waals surface area contributed by atoms with Crippen molar-refractivity contribution < 1.29 is 9.90 Å². The summed E-state index contributed by atoms with van der Waals surface area (Å²) in [6.07, 6.45) is 5.12. The molecule has 2 fully saturated rings. The van der Waals surface area contributed by atoms with Crippen LogP contribution in [0.2, 0.25) is 0 Å². The topological polar surface area (TPSA) is 61.6 Å². The minimum atomic E-state index is 0.122. The number of likely N-dealkylation sites (tertiary alicyclic amines) is 2. The van der Waals surface area contributed by atoms with Gasteiger partial charge in [-0.3, -0.25) is 14.4 Å². The van der Waals surface area contributed by atoms with Gasteiger partial charge in [0.2, 0.25) is 5.91 Å². The first-order valence-electron chi connectivity index (χ1n) is 9.25. The molecule has 0 atom stereocenters. The molecular formula is C18H30N4O2. The van der Waals surface area contributed by atoms with E-state index in [2.05, 4.69) is 28.7 Å². The van der Waals surface area contributed by atoms with Crippen molar-refractivity contribution in [2.45, 2.75) is 65.1 Å². The molecule has 134 valence electrons. The van der Waals surface area contributed by atoms with Crippen molar-refractivity contribution in [3.63, 3.8) is 0 Å². The first kappa shape index (κ1) is 17.4. The lowest BCUT2D eigenvalue weighted by molar-refractivity contribution is -0.136. The third-order valence-corrected chi connectivity index (χ3v) is 5.58. The summed E-state index contributed by atoms with van der Waals surface area (Å²) in [6.45, 7) is 8.78. The highest BCUT2D eigenvalue weighted by atomic mass is 16.3. The van der Waals surface area contributed by atoms with Crippen LogP contribution < -0.4 is 0 Å². The number of hydrogen-bond donors (Lipinski definition) is 1. The Hall–Kier alpha value is -1.40. The molecule has 0 bridgehead atoms. The van der Waals surface area contributed by atoms with E-state index in [1.165, 1.54) is 5.56 Å². The van der Waals surface area contributed by atoms with Crippen LogP contribution in [0.1, 0.15) is 49.1 Å². The Balaban J connectivity index is 1.57. The monoisotopic (exact) mass is 334 g/mol. The maximum atomic E-state index is 12.1. The Bertz CT molecular complexity index is 576. The molecule has 3 rings (SSSR count). The zero-order valence-electron chi connectivity index (χ0n) is 15.0. The number of aliphatic hydroxyl groups is 1. The number of carbonyl (C=O) groups excluding carboxylic acids is 1. The molecule has 0 saturated carbocycles. The molecule has 6 nitrogen and oxygen atoms in total. The van der Waals surface area contributed by atoms with Gasteiger partial charge in [-0.05, 0) is 39.5 Å². The van der Waals surface area contributed by atoms with E-state index >= 15 is 0 Å². The van der Waals surface area contributed by atoms with Crippen LogP contribution >= 0.6 is 0 Å². The van der Waals surface area contributed by atoms with E-state index in [4.69, 9.17) is 5.11 Å². The summed E-state index contributed by atoms with van der Waals surface area (Å²) in [7, 11) is 0. The van der Waals surface area contributed by atoms with E-state index in [0.29, 0.717) is 18.5 Å². The van der Waals surface area contributed by atoms with Crippen LogP contribution in [0.15, 0.2) is 0 Å². The highest BCUT2D eigenvalue weighted by molar-refractivity contribution is 5.77. The van der Waals surface area contributed by atoms with Crippen LogP contribution in [-0.4, -0.2) is 62.9 Å². The van der Waals surface area contributed by atoms with Crippen LogP contribution in [0.25, 0.3) is 0 Å². The van der Waals surface area contributed by atoms with Gasteiger partial charge in [0.1, 0.15) is 0 Å². The molecule has 0 radical (unpaired) electrons. The smallest absolute Gasteiger partial charge is 0.222 e. The standard InChI is InChI=1S/C18H30N4O2/c1-14-17(15(2)22(19-14)11-12-23)13-20-9-6-16(7-10-20)21-8-4-3-5-18(21)24/h16,23H,3-13H2,1-2H3. The predicted molar refractivity (Wildman–Crippen MR) is 92.6 cm³/mol. The number of carbonyl (C=O) groups is 1. The fourth-order valence-corrected chi connectivity index (χ4v) is 4.10. The molecule has 0 spiro atoms. The highest BCUT2D eigenvalue weighted by Gasteiger charge is 2.29. The van der Waals surface area contributed by atoms with Crippen molar-refractivity contribution in [2.75, 3.05) is 26.2 Å². The third-order valence-electron chi connectivity index (χ3n) is 5.58. The molecule has 6 heteroatoms. The average molecular weight is 334 g/mol. The number of rotatable bonds is 5. The molecule has 1 amide bonds. The van der Waals surface area contributed by atoms with Crippen molar-refractivity contribution in [3.8, 4) is 0 Å². The summed E-state index contributed by atoms with van der Waals surface area (Å²) in [5.74, 6) is 0.358. The van der Waals surface area contributed by atoms with Gasteiger partial charge in [0.05, 0.1) is 18.8 Å². The Labute approximate surface area is 144 Å². The second-order valence-corrected chi connectivity index (χ2v) is 7.15. The zero-order valence-corrected chi connectivity index (χ0v) is 15.0. The molecule has 1 N–H and O–H groups in total. The Morgan fingerprint density at radius 1 is 1.17 bits per heavy atom. The minimum Gasteiger partial charge on any atom is -0.394 e. The number of aliphatic hydroxyl groups excluding tert-OH is 1. The molecule has 2 saturated heterocycles. The summed E-state index contributed by atoms with van der Waals surface area (Å²) in [5, 5.41) is 13.7. The largest absolute Gasteiger partial charge is 0.394 e. The number of piperidine rings is 2. The van der Waals surface area contributed by atoms with Crippen LogP contribution in [0.4, 0.5) is 0 Å². The van der Waals surface area contributed by atoms with Gasteiger partial charge in [-0.2, -0.15) is 5.10 Å². The molecular weight excluding hydrogens is 304 g/mol. The minimum absolute atomic E-state index is 0.122. The summed E-state index contributed by atoms with van der Waals surface area (Å²) in [4.78, 5) is 16.7. The lowest BCUT2D eigenvalue weighted by Crippen LogP contribution is -2.48. The second-order valence-electron chi connectivity index (χ2n) is 7.15. The van der Waals surface area contributed by atoms with Gasteiger partial charge in [-0.15, -0.1) is 0 Å². The van der Waals surface area contributed by atoms with E-state index < -0.39 is 0 Å². The maximum Gasteiger partial charge on any atom is 0.222 e. The molecule has 2 aliphatic heterocycles. The normalized spacial score (nSPS) is 20.8. The van der Waals surface area contributed by atoms with E-state index in [1.807, 2.05) is 4.68 Å². The van der Waals surface area contributed by atoms with Gasteiger partial charge >= 0.3 is 0 Å². The van der Waals surface area contributed by atoms with Crippen molar-refractivity contribution >= 4 is 5.91 Å². The summed E-state index contributed by atoms with van der Waals surface area (Å²) >= 11 is 0. The lowest BCUT2D eigenvalue weighted by atomic mass is 9.99. The Kier molecular flexibility index (Phi) is 5.56. The number of aromatic nitrogens is 2. The Morgan fingerprint density at radius 3 is 2.58 bits per heavy atom. The summed E-state index contributed by atoms with van der Waals surface area (Å²) < 4.78 is 1.91. The van der Waals surface area contributed by atoms with Gasteiger partial charge in [-0.1, -0.05) is 0 Å². The maximum absolute atomic E-state index is 12.1. The van der Waals surface area contributed by atoms with Crippen LogP contribution in [0.5, 0.6) is 0 Å². The van der Waals surface area contributed by atoms with Crippen molar-refractivity contribution in [3.05, 3.63) is 17.0 Å². The quantitative estimate of drug-likeness (QED) is 0.886. The van der Waals surface area contributed by atoms with Gasteiger partial charge in [0.15, 0.2) is 0 Å². The lowest BCUT2D eigenvalue weighted by Gasteiger charge is -2.40. The molecule has 3 heterocycles. The average Bonchev–Trinajstić information content (AvgIpc) is 2.84. The fraction of sp³-hybridized carbons (Fsp3) is 0.778. The molecule has 0 aliphatic carbocycles. The molecule has 0 aromatic carbocycles. The zero-order chi connectivity index (χ0) is 17.1. The predicted octanol–water partition coefficient (Wildman–Crippen LogP) is 1.47. The van der Waals surface area contributed by atoms with Gasteiger partial charge in [0.25, 0.3) is 0 Å². The molecule has 1 aromatic heterocycles. The molecule has 1 aromatic rings. The molecule has 24 heavy (non-hydrogen) atoms. The third kappa shape index (κ3) is 3.64. The summed E-state index contributed by atoms with van der Waals surface area (Å²) in [6, 6.07) is 0.438. The van der Waals surface area contributed by atoms with Gasteiger partial charge in [-0.25, -0.2) is 0 Å². The number of aryl methyl sites for hydroxylation is 1. The van der Waals surface area contributed by atoms with E-state index in [-0.39, 0.29) is 6.61 Å². The van der Waals surface area contributed by atoms with Crippen LogP contribution in [-0.2, 0) is 17.9 Å². The first-order valence-corrected chi connectivity index (χ1v) is 9.25. The van der Waals surface area contributed by atoms with Crippen molar-refractivity contribution in [2.24, 2.45) is 0 Å². The SMILES string of the molecule is Cc1nn(CCO)c(C)c1CN1CCC(N2CCCCC2=O)CC1. The number of amides is 1. The van der Waals surface area contributed by atoms with Gasteiger partial charge in [0, 0.05) is 49.9 Å². The Morgan fingerprint density at radius 2 is 1.92 bits per heavy atom. The fourth-order valence-electron chi connectivity index (χ4n) is 4.10. The number of hydrogen-bond acceptors (Lipinski definition) is 4. The summed E-state index contributed by atoms with van der Waals surface area (Å²) in [5.41, 5.74) is 3.51. The molecule has 0 unspecified atom stereocenters. The highest BCUT2D eigenvalue weighted by Crippen LogP contribution is 2.24. The van der Waals surface area contributed by atoms with E-state index in [0.717, 1.165) is 69.7 Å². The van der Waals surface area contributed by atoms with Crippen LogP contribution in [0.3, 0.4) is 0 Å². The molecule has 2 aliphatic rings. The van der Waals surface area contributed by atoms with E-state index in [9.17, 15) is 4.79 Å². The number of nitrogens with zero attached hydrogens (tertiary/aromatic N) is 4. The van der Waals surface area contributed by atoms with E-state index in [1.54, 1.807) is 0 Å². The van der Waals surface area contributed by atoms with Crippen molar-refractivity contribution in [1.82, 2.24) is 19.6 Å². The van der Waals surface area contributed by atoms with Crippen LogP contribution in [0, 0.1) is 13.8 Å². The van der Waals surface area contributed by atoms with Gasteiger partial charge < -0.3 is 10.0 Å².